The Bertz CT molecular complexity index is 517. The first-order valence-corrected chi connectivity index (χ1v) is 6.71. The van der Waals surface area contributed by atoms with Crippen LogP contribution in [0.3, 0.4) is 0 Å². The summed E-state index contributed by atoms with van der Waals surface area (Å²) in [6.45, 7) is 1.35. The number of hydrogen-bond donors (Lipinski definition) is 2. The number of ether oxygens (including phenoxy) is 1. The molecular weight excluding hydrogens is 252 g/mol. The van der Waals surface area contributed by atoms with E-state index in [0.29, 0.717) is 6.54 Å². The van der Waals surface area contributed by atoms with Gasteiger partial charge in [0.2, 0.25) is 0 Å². The molecule has 1 heterocycles. The molecule has 1 unspecified atom stereocenters. The Balaban J connectivity index is 1.76. The van der Waals surface area contributed by atoms with E-state index in [9.17, 15) is 5.11 Å². The van der Waals surface area contributed by atoms with Crippen LogP contribution >= 0.6 is 0 Å². The fourth-order valence-corrected chi connectivity index (χ4v) is 1.99. The second-order valence-corrected chi connectivity index (χ2v) is 4.60. The van der Waals surface area contributed by atoms with Gasteiger partial charge in [0.25, 0.3) is 0 Å². The summed E-state index contributed by atoms with van der Waals surface area (Å²) in [6, 6.07) is 11.5. The molecule has 0 radical (unpaired) electrons. The van der Waals surface area contributed by atoms with Crippen molar-refractivity contribution in [3.05, 3.63) is 59.9 Å². The standard InChI is InChI=1S/C16H20N2O2/c1-20-15-4-2-3-14(11-15)16(19)12-18-10-7-13-5-8-17-9-6-13/h2-6,8-9,11,16,18-19H,7,10,12H2,1H3. The van der Waals surface area contributed by atoms with Gasteiger partial charge in [-0.15, -0.1) is 0 Å². The normalized spacial score (nSPS) is 12.1. The number of aromatic nitrogens is 1. The Morgan fingerprint density at radius 3 is 2.80 bits per heavy atom. The maximum atomic E-state index is 10.1. The predicted molar refractivity (Wildman–Crippen MR) is 78.8 cm³/mol. The van der Waals surface area contributed by atoms with Crippen LogP contribution in [0.25, 0.3) is 0 Å². The monoisotopic (exact) mass is 272 g/mol. The molecule has 0 aliphatic rings. The number of nitrogens with zero attached hydrogens (tertiary/aromatic N) is 1. The van der Waals surface area contributed by atoms with Crippen molar-refractivity contribution >= 4 is 0 Å². The van der Waals surface area contributed by atoms with Crippen molar-refractivity contribution in [3.63, 3.8) is 0 Å². The Hall–Kier alpha value is -1.91. The van der Waals surface area contributed by atoms with E-state index >= 15 is 0 Å². The van der Waals surface area contributed by atoms with Crippen LogP contribution in [0.4, 0.5) is 0 Å². The SMILES string of the molecule is COc1cccc(C(O)CNCCc2ccncc2)c1. The highest BCUT2D eigenvalue weighted by Crippen LogP contribution is 2.18. The molecule has 0 aliphatic heterocycles. The molecule has 4 nitrogen and oxygen atoms in total. The molecule has 4 heteroatoms. The van der Waals surface area contributed by atoms with Gasteiger partial charge in [-0.1, -0.05) is 12.1 Å². The fourth-order valence-electron chi connectivity index (χ4n) is 1.99. The van der Waals surface area contributed by atoms with Crippen LogP contribution in [0.1, 0.15) is 17.2 Å². The van der Waals surface area contributed by atoms with Crippen LogP contribution in [0.5, 0.6) is 5.75 Å². The number of hydrogen-bond acceptors (Lipinski definition) is 4. The van der Waals surface area contributed by atoms with Crippen molar-refractivity contribution in [1.29, 1.82) is 0 Å². The summed E-state index contributed by atoms with van der Waals surface area (Å²) in [5, 5.41) is 13.4. The molecule has 1 aromatic carbocycles. The Kier molecular flexibility index (Phi) is 5.53. The summed E-state index contributed by atoms with van der Waals surface area (Å²) in [7, 11) is 1.62. The topological polar surface area (TPSA) is 54.4 Å². The summed E-state index contributed by atoms with van der Waals surface area (Å²) in [5.74, 6) is 0.762. The highest BCUT2D eigenvalue weighted by Gasteiger charge is 2.07. The molecular formula is C16H20N2O2. The van der Waals surface area contributed by atoms with Crippen molar-refractivity contribution in [2.45, 2.75) is 12.5 Å². The van der Waals surface area contributed by atoms with Gasteiger partial charge >= 0.3 is 0 Å². The zero-order chi connectivity index (χ0) is 14.2. The molecule has 2 aromatic rings. The summed E-state index contributed by atoms with van der Waals surface area (Å²) in [5.41, 5.74) is 2.10. The molecule has 0 bridgehead atoms. The summed E-state index contributed by atoms with van der Waals surface area (Å²) < 4.78 is 5.15. The average molecular weight is 272 g/mol. The van der Waals surface area contributed by atoms with E-state index in [0.717, 1.165) is 24.3 Å². The summed E-state index contributed by atoms with van der Waals surface area (Å²) in [6.07, 6.45) is 3.98. The lowest BCUT2D eigenvalue weighted by Gasteiger charge is -2.13. The van der Waals surface area contributed by atoms with Gasteiger partial charge in [0, 0.05) is 18.9 Å². The van der Waals surface area contributed by atoms with Crippen LogP contribution in [0.15, 0.2) is 48.8 Å². The molecule has 1 atom stereocenters. The molecule has 20 heavy (non-hydrogen) atoms. The van der Waals surface area contributed by atoms with E-state index in [1.165, 1.54) is 5.56 Å². The molecule has 0 amide bonds. The van der Waals surface area contributed by atoms with Gasteiger partial charge < -0.3 is 15.2 Å². The van der Waals surface area contributed by atoms with Crippen molar-refractivity contribution in [2.24, 2.45) is 0 Å². The number of aliphatic hydroxyl groups excluding tert-OH is 1. The molecule has 0 fully saturated rings. The van der Waals surface area contributed by atoms with E-state index in [1.807, 2.05) is 36.4 Å². The molecule has 2 rings (SSSR count). The highest BCUT2D eigenvalue weighted by atomic mass is 16.5. The molecule has 2 N–H and O–H groups in total. The second kappa shape index (κ2) is 7.62. The quantitative estimate of drug-likeness (QED) is 0.757. The number of rotatable bonds is 7. The smallest absolute Gasteiger partial charge is 0.119 e. The fraction of sp³-hybridized carbons (Fsp3) is 0.312. The number of nitrogens with one attached hydrogen (secondary N) is 1. The lowest BCUT2D eigenvalue weighted by atomic mass is 10.1. The third kappa shape index (κ3) is 4.33. The molecule has 1 aromatic heterocycles. The van der Waals surface area contributed by atoms with Gasteiger partial charge in [0.15, 0.2) is 0 Å². The maximum absolute atomic E-state index is 10.1. The third-order valence-corrected chi connectivity index (χ3v) is 3.16. The summed E-state index contributed by atoms with van der Waals surface area (Å²) >= 11 is 0. The first-order valence-electron chi connectivity index (χ1n) is 6.71. The minimum Gasteiger partial charge on any atom is -0.497 e. The van der Waals surface area contributed by atoms with Crippen molar-refractivity contribution in [1.82, 2.24) is 10.3 Å². The molecule has 0 aliphatic carbocycles. The lowest BCUT2D eigenvalue weighted by Crippen LogP contribution is -2.23. The first kappa shape index (κ1) is 14.5. The second-order valence-electron chi connectivity index (χ2n) is 4.60. The third-order valence-electron chi connectivity index (χ3n) is 3.16. The zero-order valence-corrected chi connectivity index (χ0v) is 11.6. The molecule has 0 saturated carbocycles. The van der Waals surface area contributed by atoms with E-state index in [1.54, 1.807) is 19.5 Å². The van der Waals surface area contributed by atoms with Crippen molar-refractivity contribution in [3.8, 4) is 5.75 Å². The predicted octanol–water partition coefficient (Wildman–Crippen LogP) is 1.96. The van der Waals surface area contributed by atoms with Crippen molar-refractivity contribution < 1.29 is 9.84 Å². The molecule has 0 saturated heterocycles. The Labute approximate surface area is 119 Å². The largest absolute Gasteiger partial charge is 0.497 e. The van der Waals surface area contributed by atoms with Crippen LogP contribution in [0.2, 0.25) is 0 Å². The molecule has 106 valence electrons. The van der Waals surface area contributed by atoms with Gasteiger partial charge in [-0.05, 0) is 48.4 Å². The van der Waals surface area contributed by atoms with E-state index in [4.69, 9.17) is 4.74 Å². The number of methoxy groups -OCH3 is 1. The van der Waals surface area contributed by atoms with Gasteiger partial charge in [-0.2, -0.15) is 0 Å². The van der Waals surface area contributed by atoms with Crippen LogP contribution in [-0.4, -0.2) is 30.3 Å². The number of pyridine rings is 1. The van der Waals surface area contributed by atoms with Crippen LogP contribution < -0.4 is 10.1 Å². The maximum Gasteiger partial charge on any atom is 0.119 e. The van der Waals surface area contributed by atoms with Gasteiger partial charge in [-0.3, -0.25) is 4.98 Å². The highest BCUT2D eigenvalue weighted by molar-refractivity contribution is 5.29. The van der Waals surface area contributed by atoms with Gasteiger partial charge in [0.05, 0.1) is 13.2 Å². The van der Waals surface area contributed by atoms with Crippen LogP contribution in [0, 0.1) is 0 Å². The number of aliphatic hydroxyl groups is 1. The minimum atomic E-state index is -0.525. The van der Waals surface area contributed by atoms with E-state index in [2.05, 4.69) is 10.3 Å². The number of benzene rings is 1. The molecule has 0 spiro atoms. The van der Waals surface area contributed by atoms with Crippen LogP contribution in [-0.2, 0) is 6.42 Å². The zero-order valence-electron chi connectivity index (χ0n) is 11.6. The van der Waals surface area contributed by atoms with Crippen molar-refractivity contribution in [2.75, 3.05) is 20.2 Å². The van der Waals surface area contributed by atoms with E-state index < -0.39 is 6.10 Å². The Morgan fingerprint density at radius 1 is 1.25 bits per heavy atom. The minimum absolute atomic E-state index is 0.525. The summed E-state index contributed by atoms with van der Waals surface area (Å²) in [4.78, 5) is 3.99. The lowest BCUT2D eigenvalue weighted by molar-refractivity contribution is 0.174. The Morgan fingerprint density at radius 2 is 2.05 bits per heavy atom. The van der Waals surface area contributed by atoms with E-state index in [-0.39, 0.29) is 0 Å². The van der Waals surface area contributed by atoms with Gasteiger partial charge in [0.1, 0.15) is 5.75 Å². The average Bonchev–Trinajstić information content (AvgIpc) is 2.52. The first-order chi connectivity index (χ1) is 9.79. The van der Waals surface area contributed by atoms with Gasteiger partial charge in [-0.25, -0.2) is 0 Å².